The van der Waals surface area contributed by atoms with E-state index in [0.717, 1.165) is 12.5 Å². The molecule has 16 heavy (non-hydrogen) atoms. The molecule has 0 amide bonds. The first kappa shape index (κ1) is 10.7. The van der Waals surface area contributed by atoms with Gasteiger partial charge in [-0.05, 0) is 37.2 Å². The molecule has 1 aromatic rings. The zero-order valence-corrected chi connectivity index (χ0v) is 10.3. The Balaban J connectivity index is 1.66. The Morgan fingerprint density at radius 1 is 1.12 bits per heavy atom. The summed E-state index contributed by atoms with van der Waals surface area (Å²) in [7, 11) is 0. The van der Waals surface area contributed by atoms with Crippen LogP contribution in [0.15, 0.2) is 30.3 Å². The smallest absolute Gasteiger partial charge is 0.113 e. The van der Waals surface area contributed by atoms with Gasteiger partial charge in [0.15, 0.2) is 0 Å². The second-order valence-corrected chi connectivity index (χ2v) is 6.23. The maximum atomic E-state index is 5.93. The van der Waals surface area contributed by atoms with Crippen molar-refractivity contribution >= 4 is 11.8 Å². The number of thioether (sulfide) groups is 1. The lowest BCUT2D eigenvalue weighted by molar-refractivity contribution is 0.0198. The summed E-state index contributed by atoms with van der Waals surface area (Å²) >= 11 is 2.04. The Hall–Kier alpha value is -0.470. The van der Waals surface area contributed by atoms with E-state index in [1.165, 1.54) is 37.0 Å². The van der Waals surface area contributed by atoms with Gasteiger partial charge >= 0.3 is 0 Å². The molecular weight excluding hydrogens is 216 g/mol. The highest BCUT2D eigenvalue weighted by Gasteiger charge is 2.39. The first-order valence-electron chi connectivity index (χ1n) is 6.21. The van der Waals surface area contributed by atoms with Crippen LogP contribution in [0.2, 0.25) is 0 Å². The maximum Gasteiger partial charge on any atom is 0.113 e. The van der Waals surface area contributed by atoms with E-state index in [1.807, 2.05) is 11.8 Å². The number of hydrogen-bond donors (Lipinski definition) is 0. The molecule has 1 aliphatic heterocycles. The van der Waals surface area contributed by atoms with E-state index in [0.29, 0.717) is 0 Å². The molecule has 2 heteroatoms. The largest absolute Gasteiger partial charge is 0.363 e. The van der Waals surface area contributed by atoms with Crippen molar-refractivity contribution in [2.45, 2.75) is 36.5 Å². The van der Waals surface area contributed by atoms with Crippen LogP contribution in [0.25, 0.3) is 0 Å². The number of benzene rings is 1. The van der Waals surface area contributed by atoms with E-state index in [4.69, 9.17) is 4.74 Å². The molecule has 0 aromatic heterocycles. The summed E-state index contributed by atoms with van der Waals surface area (Å²) in [5.41, 5.74) is 1.51. The lowest BCUT2D eigenvalue weighted by Gasteiger charge is -2.35. The number of rotatable bonds is 1. The van der Waals surface area contributed by atoms with Crippen molar-refractivity contribution in [2.75, 3.05) is 12.4 Å². The summed E-state index contributed by atoms with van der Waals surface area (Å²) in [6, 6.07) is 10.9. The minimum Gasteiger partial charge on any atom is -0.363 e. The third-order valence-corrected chi connectivity index (χ3v) is 5.25. The SMILES string of the molecule is c1ccc(C2CCC3(CC2)OCCS3)cc1. The molecule has 0 radical (unpaired) electrons. The zero-order chi connectivity index (χ0) is 10.8. The van der Waals surface area contributed by atoms with Crippen LogP contribution in [0.5, 0.6) is 0 Å². The van der Waals surface area contributed by atoms with Gasteiger partial charge in [0.1, 0.15) is 4.93 Å². The molecule has 2 fully saturated rings. The Bertz CT molecular complexity index is 333. The van der Waals surface area contributed by atoms with E-state index < -0.39 is 0 Å². The fraction of sp³-hybridized carbons (Fsp3) is 0.571. The van der Waals surface area contributed by atoms with Crippen molar-refractivity contribution in [3.63, 3.8) is 0 Å². The van der Waals surface area contributed by atoms with E-state index in [1.54, 1.807) is 0 Å². The molecule has 0 bridgehead atoms. The molecule has 1 spiro atoms. The van der Waals surface area contributed by atoms with Crippen LogP contribution in [-0.2, 0) is 4.74 Å². The first-order valence-corrected chi connectivity index (χ1v) is 7.19. The van der Waals surface area contributed by atoms with Gasteiger partial charge in [-0.1, -0.05) is 30.3 Å². The van der Waals surface area contributed by atoms with Crippen molar-refractivity contribution in [1.82, 2.24) is 0 Å². The van der Waals surface area contributed by atoms with Crippen molar-refractivity contribution in [2.24, 2.45) is 0 Å². The summed E-state index contributed by atoms with van der Waals surface area (Å²) in [6.45, 7) is 0.959. The predicted octanol–water partition coefficient (Wildman–Crippen LogP) is 3.80. The fourth-order valence-corrected chi connectivity index (χ4v) is 4.13. The summed E-state index contributed by atoms with van der Waals surface area (Å²) in [5.74, 6) is 1.95. The van der Waals surface area contributed by atoms with Crippen LogP contribution < -0.4 is 0 Å². The fourth-order valence-electron chi connectivity index (χ4n) is 2.90. The van der Waals surface area contributed by atoms with Gasteiger partial charge in [0.05, 0.1) is 6.61 Å². The summed E-state index contributed by atoms with van der Waals surface area (Å²) < 4.78 is 5.93. The molecule has 0 N–H and O–H groups in total. The standard InChI is InChI=1S/C14H18OS/c1-2-4-12(5-3-1)13-6-8-14(9-7-13)15-10-11-16-14/h1-5,13H,6-11H2. The van der Waals surface area contributed by atoms with Crippen molar-refractivity contribution < 1.29 is 4.74 Å². The van der Waals surface area contributed by atoms with Gasteiger partial charge in [-0.2, -0.15) is 0 Å². The zero-order valence-electron chi connectivity index (χ0n) is 9.52. The van der Waals surface area contributed by atoms with E-state index >= 15 is 0 Å². The van der Waals surface area contributed by atoms with E-state index in [-0.39, 0.29) is 4.93 Å². The normalized spacial score (nSPS) is 34.4. The van der Waals surface area contributed by atoms with Crippen molar-refractivity contribution in [1.29, 1.82) is 0 Å². The second kappa shape index (κ2) is 4.42. The monoisotopic (exact) mass is 234 g/mol. The molecular formula is C14H18OS. The Morgan fingerprint density at radius 3 is 2.50 bits per heavy atom. The Morgan fingerprint density at radius 2 is 1.88 bits per heavy atom. The number of hydrogen-bond acceptors (Lipinski definition) is 2. The Kier molecular flexibility index (Phi) is 2.95. The third-order valence-electron chi connectivity index (χ3n) is 3.83. The van der Waals surface area contributed by atoms with Gasteiger partial charge in [0.2, 0.25) is 0 Å². The molecule has 1 aromatic carbocycles. The quantitative estimate of drug-likeness (QED) is 0.731. The van der Waals surface area contributed by atoms with E-state index in [2.05, 4.69) is 30.3 Å². The molecule has 0 atom stereocenters. The summed E-state index contributed by atoms with van der Waals surface area (Å²) in [5, 5.41) is 0. The van der Waals surface area contributed by atoms with Gasteiger partial charge in [0, 0.05) is 5.75 Å². The molecule has 1 heterocycles. The summed E-state index contributed by atoms with van der Waals surface area (Å²) in [6.07, 6.45) is 5.04. The molecule has 2 aliphatic rings. The van der Waals surface area contributed by atoms with Crippen LogP contribution in [0.4, 0.5) is 0 Å². The van der Waals surface area contributed by atoms with Crippen molar-refractivity contribution in [3.8, 4) is 0 Å². The molecule has 1 saturated carbocycles. The molecule has 1 saturated heterocycles. The highest BCUT2D eigenvalue weighted by molar-refractivity contribution is 8.00. The molecule has 1 aliphatic carbocycles. The van der Waals surface area contributed by atoms with Crippen LogP contribution in [0.3, 0.4) is 0 Å². The molecule has 0 unspecified atom stereocenters. The highest BCUT2D eigenvalue weighted by atomic mass is 32.2. The van der Waals surface area contributed by atoms with Crippen LogP contribution in [-0.4, -0.2) is 17.3 Å². The van der Waals surface area contributed by atoms with Gasteiger partial charge in [-0.25, -0.2) is 0 Å². The molecule has 86 valence electrons. The van der Waals surface area contributed by atoms with Crippen LogP contribution in [0, 0.1) is 0 Å². The average molecular weight is 234 g/mol. The minimum absolute atomic E-state index is 0.200. The van der Waals surface area contributed by atoms with Gasteiger partial charge in [-0.3, -0.25) is 0 Å². The van der Waals surface area contributed by atoms with Crippen LogP contribution >= 0.6 is 11.8 Å². The lowest BCUT2D eigenvalue weighted by atomic mass is 9.82. The molecule has 3 rings (SSSR count). The second-order valence-electron chi connectivity index (χ2n) is 4.79. The van der Waals surface area contributed by atoms with E-state index in [9.17, 15) is 0 Å². The lowest BCUT2D eigenvalue weighted by Crippen LogP contribution is -2.29. The number of ether oxygens (including phenoxy) is 1. The third kappa shape index (κ3) is 2.01. The Labute approximate surface area is 102 Å². The topological polar surface area (TPSA) is 9.23 Å². The maximum absolute atomic E-state index is 5.93. The van der Waals surface area contributed by atoms with Gasteiger partial charge < -0.3 is 4.74 Å². The van der Waals surface area contributed by atoms with Gasteiger partial charge in [-0.15, -0.1) is 11.8 Å². The minimum atomic E-state index is 0.200. The van der Waals surface area contributed by atoms with Crippen molar-refractivity contribution in [3.05, 3.63) is 35.9 Å². The first-order chi connectivity index (χ1) is 7.88. The average Bonchev–Trinajstić information content (AvgIpc) is 2.80. The van der Waals surface area contributed by atoms with Gasteiger partial charge in [0.25, 0.3) is 0 Å². The molecule has 1 nitrogen and oxygen atoms in total. The predicted molar refractivity (Wildman–Crippen MR) is 68.8 cm³/mol. The summed E-state index contributed by atoms with van der Waals surface area (Å²) in [4.78, 5) is 0.200. The van der Waals surface area contributed by atoms with Crippen LogP contribution in [0.1, 0.15) is 37.2 Å². The highest BCUT2D eigenvalue weighted by Crippen LogP contribution is 2.48.